The SMILES string of the molecule is O=C(NC(CO)C(=O)NCCN1CCOCC1)c1ccncc1. The van der Waals surface area contributed by atoms with Crippen LogP contribution in [-0.2, 0) is 9.53 Å². The second kappa shape index (κ2) is 9.19. The minimum Gasteiger partial charge on any atom is -0.394 e. The summed E-state index contributed by atoms with van der Waals surface area (Å²) in [6.45, 7) is 3.81. The van der Waals surface area contributed by atoms with Crippen LogP contribution in [0.15, 0.2) is 24.5 Å². The van der Waals surface area contributed by atoms with E-state index in [-0.39, 0.29) is 0 Å². The smallest absolute Gasteiger partial charge is 0.252 e. The number of hydrogen-bond acceptors (Lipinski definition) is 6. The number of aliphatic hydroxyl groups is 1. The lowest BCUT2D eigenvalue weighted by Crippen LogP contribution is -2.50. The molecule has 0 bridgehead atoms. The minimum absolute atomic E-state index is 0.388. The van der Waals surface area contributed by atoms with Gasteiger partial charge in [-0.1, -0.05) is 0 Å². The number of aromatic nitrogens is 1. The summed E-state index contributed by atoms with van der Waals surface area (Å²) in [6.07, 6.45) is 2.98. The van der Waals surface area contributed by atoms with Crippen LogP contribution in [0.4, 0.5) is 0 Å². The fourth-order valence-electron chi connectivity index (χ4n) is 2.22. The summed E-state index contributed by atoms with van der Waals surface area (Å²) in [7, 11) is 0. The van der Waals surface area contributed by atoms with Gasteiger partial charge >= 0.3 is 0 Å². The van der Waals surface area contributed by atoms with Crippen LogP contribution in [0.5, 0.6) is 0 Å². The first-order valence-corrected chi connectivity index (χ1v) is 7.60. The standard InChI is InChI=1S/C15H22N4O4/c20-11-13(18-14(21)12-1-3-16-4-2-12)15(22)17-5-6-19-7-9-23-10-8-19/h1-4,13,20H,5-11H2,(H,17,22)(H,18,21). The Morgan fingerprint density at radius 3 is 2.65 bits per heavy atom. The molecular formula is C15H22N4O4. The Bertz CT molecular complexity index is 505. The monoisotopic (exact) mass is 322 g/mol. The van der Waals surface area contributed by atoms with Crippen LogP contribution in [0.3, 0.4) is 0 Å². The van der Waals surface area contributed by atoms with E-state index in [1.165, 1.54) is 12.4 Å². The van der Waals surface area contributed by atoms with Gasteiger partial charge in [0.05, 0.1) is 19.8 Å². The molecule has 8 nitrogen and oxygen atoms in total. The molecule has 1 aliphatic rings. The first-order valence-electron chi connectivity index (χ1n) is 7.60. The normalized spacial score (nSPS) is 16.6. The lowest BCUT2D eigenvalue weighted by atomic mass is 10.2. The summed E-state index contributed by atoms with van der Waals surface area (Å²) in [5.41, 5.74) is 0.388. The van der Waals surface area contributed by atoms with E-state index < -0.39 is 24.5 Å². The van der Waals surface area contributed by atoms with E-state index in [0.717, 1.165) is 13.1 Å². The van der Waals surface area contributed by atoms with E-state index in [4.69, 9.17) is 4.74 Å². The van der Waals surface area contributed by atoms with Gasteiger partial charge in [-0.3, -0.25) is 19.5 Å². The van der Waals surface area contributed by atoms with E-state index in [1.807, 2.05) is 0 Å². The molecule has 1 aliphatic heterocycles. The first-order chi connectivity index (χ1) is 11.2. The Labute approximate surface area is 134 Å². The van der Waals surface area contributed by atoms with Crippen LogP contribution < -0.4 is 10.6 Å². The fraction of sp³-hybridized carbons (Fsp3) is 0.533. The number of rotatable bonds is 7. The lowest BCUT2D eigenvalue weighted by molar-refractivity contribution is -0.123. The number of hydrogen-bond donors (Lipinski definition) is 3. The maximum atomic E-state index is 12.0. The van der Waals surface area contributed by atoms with Crippen LogP contribution in [0, 0.1) is 0 Å². The van der Waals surface area contributed by atoms with Crippen molar-refractivity contribution in [1.82, 2.24) is 20.5 Å². The van der Waals surface area contributed by atoms with E-state index in [0.29, 0.717) is 31.9 Å². The third-order valence-corrected chi connectivity index (χ3v) is 3.58. The maximum Gasteiger partial charge on any atom is 0.252 e. The summed E-state index contributed by atoms with van der Waals surface area (Å²) in [4.78, 5) is 30.0. The molecule has 126 valence electrons. The van der Waals surface area contributed by atoms with Crippen molar-refractivity contribution in [2.45, 2.75) is 6.04 Å². The summed E-state index contributed by atoms with van der Waals surface area (Å²) in [6, 6.07) is 2.11. The van der Waals surface area contributed by atoms with Gasteiger partial charge in [-0.2, -0.15) is 0 Å². The summed E-state index contributed by atoms with van der Waals surface area (Å²) in [5.74, 6) is -0.821. The molecule has 3 N–H and O–H groups in total. The van der Waals surface area contributed by atoms with Crippen molar-refractivity contribution >= 4 is 11.8 Å². The molecule has 0 aromatic carbocycles. The van der Waals surface area contributed by atoms with E-state index in [1.54, 1.807) is 12.1 Å². The van der Waals surface area contributed by atoms with Gasteiger partial charge in [-0.25, -0.2) is 0 Å². The van der Waals surface area contributed by atoms with Crippen LogP contribution >= 0.6 is 0 Å². The number of pyridine rings is 1. The third kappa shape index (κ3) is 5.59. The molecule has 8 heteroatoms. The molecule has 1 aromatic heterocycles. The molecule has 1 unspecified atom stereocenters. The highest BCUT2D eigenvalue weighted by molar-refractivity contribution is 5.97. The second-order valence-corrected chi connectivity index (χ2v) is 5.19. The van der Waals surface area contributed by atoms with Crippen molar-refractivity contribution in [3.05, 3.63) is 30.1 Å². The molecule has 2 heterocycles. The summed E-state index contributed by atoms with van der Waals surface area (Å²) in [5, 5.41) is 14.6. The van der Waals surface area contributed by atoms with E-state index in [9.17, 15) is 14.7 Å². The number of carbonyl (C=O) groups is 2. The van der Waals surface area contributed by atoms with Crippen molar-refractivity contribution in [1.29, 1.82) is 0 Å². The van der Waals surface area contributed by atoms with Crippen LogP contribution in [-0.4, -0.2) is 78.8 Å². The zero-order chi connectivity index (χ0) is 16.5. The van der Waals surface area contributed by atoms with Crippen LogP contribution in [0.1, 0.15) is 10.4 Å². The molecule has 1 fully saturated rings. The average Bonchev–Trinajstić information content (AvgIpc) is 2.61. The number of ether oxygens (including phenoxy) is 1. The van der Waals surface area contributed by atoms with Gasteiger partial charge in [-0.15, -0.1) is 0 Å². The van der Waals surface area contributed by atoms with Gasteiger partial charge in [0, 0.05) is 44.1 Å². The number of nitrogens with one attached hydrogen (secondary N) is 2. The third-order valence-electron chi connectivity index (χ3n) is 3.58. The Balaban J connectivity index is 1.75. The highest BCUT2D eigenvalue weighted by atomic mass is 16.5. The molecule has 0 spiro atoms. The molecule has 2 amide bonds. The predicted octanol–water partition coefficient (Wildman–Crippen LogP) is -1.38. The van der Waals surface area contributed by atoms with Gasteiger partial charge in [0.1, 0.15) is 6.04 Å². The molecule has 1 aromatic rings. The van der Waals surface area contributed by atoms with Crippen LogP contribution in [0.2, 0.25) is 0 Å². The van der Waals surface area contributed by atoms with Gasteiger partial charge in [0.15, 0.2) is 0 Å². The quantitative estimate of drug-likeness (QED) is 0.572. The summed E-state index contributed by atoms with van der Waals surface area (Å²) < 4.78 is 5.25. The van der Waals surface area contributed by atoms with E-state index in [2.05, 4.69) is 20.5 Å². The Morgan fingerprint density at radius 2 is 2.00 bits per heavy atom. The minimum atomic E-state index is -0.972. The number of nitrogens with zero attached hydrogens (tertiary/aromatic N) is 2. The predicted molar refractivity (Wildman–Crippen MR) is 82.8 cm³/mol. The van der Waals surface area contributed by atoms with Crippen molar-refractivity contribution in [2.75, 3.05) is 46.0 Å². The summed E-state index contributed by atoms with van der Waals surface area (Å²) >= 11 is 0. The number of morpholine rings is 1. The van der Waals surface area contributed by atoms with Crippen molar-refractivity contribution < 1.29 is 19.4 Å². The number of carbonyl (C=O) groups excluding carboxylic acids is 2. The van der Waals surface area contributed by atoms with Crippen LogP contribution in [0.25, 0.3) is 0 Å². The Morgan fingerprint density at radius 1 is 1.30 bits per heavy atom. The molecule has 0 aliphatic carbocycles. The Kier molecular flexibility index (Phi) is 6.92. The largest absolute Gasteiger partial charge is 0.394 e. The van der Waals surface area contributed by atoms with Gasteiger partial charge < -0.3 is 20.5 Å². The first kappa shape index (κ1) is 17.3. The lowest BCUT2D eigenvalue weighted by Gasteiger charge is -2.26. The second-order valence-electron chi connectivity index (χ2n) is 5.19. The maximum absolute atomic E-state index is 12.0. The van der Waals surface area contributed by atoms with Gasteiger partial charge in [0.25, 0.3) is 5.91 Å². The zero-order valence-electron chi connectivity index (χ0n) is 12.9. The molecule has 1 atom stereocenters. The molecular weight excluding hydrogens is 300 g/mol. The molecule has 0 saturated carbocycles. The highest BCUT2D eigenvalue weighted by Gasteiger charge is 2.20. The zero-order valence-corrected chi connectivity index (χ0v) is 12.9. The topological polar surface area (TPSA) is 104 Å². The molecule has 2 rings (SSSR count). The number of aliphatic hydroxyl groups excluding tert-OH is 1. The molecule has 1 saturated heterocycles. The van der Waals surface area contributed by atoms with Crippen molar-refractivity contribution in [2.24, 2.45) is 0 Å². The highest BCUT2D eigenvalue weighted by Crippen LogP contribution is 1.98. The van der Waals surface area contributed by atoms with Crippen molar-refractivity contribution in [3.63, 3.8) is 0 Å². The van der Waals surface area contributed by atoms with Crippen molar-refractivity contribution in [3.8, 4) is 0 Å². The van der Waals surface area contributed by atoms with Gasteiger partial charge in [-0.05, 0) is 12.1 Å². The average molecular weight is 322 g/mol. The van der Waals surface area contributed by atoms with E-state index >= 15 is 0 Å². The fourth-order valence-corrected chi connectivity index (χ4v) is 2.22. The molecule has 0 radical (unpaired) electrons. The number of amides is 2. The van der Waals surface area contributed by atoms with Gasteiger partial charge in [0.2, 0.25) is 5.91 Å². The molecule has 23 heavy (non-hydrogen) atoms. The Hall–Kier alpha value is -2.03.